The normalized spacial score (nSPS) is 54.3. The Hall–Kier alpha value is -0.195. The quantitative estimate of drug-likeness (QED) is 0.199. The fraction of sp³-hybridized carbons (Fsp3) is 0.958. The van der Waals surface area contributed by atoms with E-state index in [9.17, 15) is 14.7 Å². The maximum absolute atomic E-state index is 11.5. The number of ether oxygens (including phenoxy) is 4. The summed E-state index contributed by atoms with van der Waals surface area (Å²) in [6.07, 6.45) is 25.9. The van der Waals surface area contributed by atoms with Gasteiger partial charge < -0.3 is 25.5 Å². The van der Waals surface area contributed by atoms with Crippen LogP contribution in [-0.2, 0) is 57.9 Å². The first-order valence-electron chi connectivity index (χ1n) is 25.1. The van der Waals surface area contributed by atoms with Crippen LogP contribution in [0.25, 0.3) is 0 Å². The first-order valence-corrected chi connectivity index (χ1v) is 25.1. The summed E-state index contributed by atoms with van der Waals surface area (Å²) in [5.41, 5.74) is 0. The van der Waals surface area contributed by atoms with Crippen LogP contribution in [0.2, 0.25) is 0 Å². The second-order valence-corrected chi connectivity index (χ2v) is 23.4. The van der Waals surface area contributed by atoms with Crippen molar-refractivity contribution in [3.63, 3.8) is 0 Å². The Bertz CT molecular complexity index is 1670. The number of carbonyl (C=O) groups excluding carboxylic acids is 2. The summed E-state index contributed by atoms with van der Waals surface area (Å²) in [7, 11) is 0. The summed E-state index contributed by atoms with van der Waals surface area (Å²) in [6, 6.07) is 0. The SMILES string of the molecule is O=C1CCC2(CC1)OOC1(O2)C2CC3CC(C2)CC1C3.O=C1CCC2(CCO1)OOC1(O2)C2CC3CC(C2)CC1C3.OC1CCC2(CC1)OOC1(O2)C2CC3CC(C2)CC1C3.[B].[H-].[Na+]. The van der Waals surface area contributed by atoms with Crippen LogP contribution in [0.4, 0.5) is 0 Å². The van der Waals surface area contributed by atoms with Crippen LogP contribution in [0, 0.1) is 71.0 Å². The molecule has 18 rings (SSSR count). The van der Waals surface area contributed by atoms with Gasteiger partial charge in [0, 0.05) is 95.3 Å². The van der Waals surface area contributed by atoms with Crippen LogP contribution < -0.4 is 29.6 Å². The van der Waals surface area contributed by atoms with Crippen LogP contribution >= 0.6 is 0 Å². The molecule has 63 heavy (non-hydrogen) atoms. The zero-order chi connectivity index (χ0) is 40.8. The number of carbonyl (C=O) groups is 2. The average Bonchev–Trinajstić information content (AvgIpc) is 3.90. The molecular weight excluding hydrogens is 818 g/mol. The summed E-state index contributed by atoms with van der Waals surface area (Å²) >= 11 is 0. The van der Waals surface area contributed by atoms with Crippen molar-refractivity contribution in [2.24, 2.45) is 71.0 Å². The predicted molar refractivity (Wildman–Crippen MR) is 217 cm³/mol. The van der Waals surface area contributed by atoms with E-state index in [4.69, 9.17) is 48.3 Å². The fourth-order valence-corrected chi connectivity index (χ4v) is 17.1. The Morgan fingerprint density at radius 1 is 0.429 bits per heavy atom. The van der Waals surface area contributed by atoms with Gasteiger partial charge in [-0.1, -0.05) is 0 Å². The van der Waals surface area contributed by atoms with E-state index in [1.807, 2.05) is 0 Å². The third-order valence-corrected chi connectivity index (χ3v) is 19.6. The molecular formula is C48H69BNaO13. The van der Waals surface area contributed by atoms with Crippen LogP contribution in [-0.4, -0.2) is 72.7 Å². The number of esters is 1. The van der Waals surface area contributed by atoms with Gasteiger partial charge in [0.05, 0.1) is 19.1 Å². The summed E-state index contributed by atoms with van der Waals surface area (Å²) in [5, 5.41) is 9.70. The van der Waals surface area contributed by atoms with Crippen molar-refractivity contribution in [3.05, 3.63) is 0 Å². The van der Waals surface area contributed by atoms with E-state index in [2.05, 4.69) is 0 Å². The van der Waals surface area contributed by atoms with Crippen LogP contribution in [0.15, 0.2) is 0 Å². The van der Waals surface area contributed by atoms with Crippen molar-refractivity contribution in [3.8, 4) is 0 Å². The molecule has 4 aliphatic heterocycles. The van der Waals surface area contributed by atoms with E-state index in [0.29, 0.717) is 92.8 Å². The Kier molecular flexibility index (Phi) is 11.8. The molecule has 4 saturated heterocycles. The minimum Gasteiger partial charge on any atom is -1.00 e. The van der Waals surface area contributed by atoms with E-state index in [0.717, 1.165) is 61.2 Å². The monoisotopic (exact) mass is 887 g/mol. The molecule has 343 valence electrons. The van der Waals surface area contributed by atoms with E-state index < -0.39 is 34.7 Å². The Balaban J connectivity index is 0.000000111. The molecule has 0 aromatic carbocycles. The van der Waals surface area contributed by atoms with E-state index in [-0.39, 0.29) is 51.5 Å². The van der Waals surface area contributed by atoms with Crippen LogP contribution in [0.5, 0.6) is 0 Å². The molecule has 12 bridgehead atoms. The number of cyclic esters (lactones) is 1. The molecule has 1 unspecified atom stereocenters. The van der Waals surface area contributed by atoms with Gasteiger partial charge in [-0.2, -0.15) is 29.3 Å². The van der Waals surface area contributed by atoms with Gasteiger partial charge in [0.15, 0.2) is 0 Å². The van der Waals surface area contributed by atoms with Crippen molar-refractivity contribution in [1.82, 2.24) is 0 Å². The third-order valence-electron chi connectivity index (χ3n) is 19.6. The van der Waals surface area contributed by atoms with Gasteiger partial charge in [-0.15, -0.1) is 0 Å². The molecule has 13 nitrogen and oxygen atoms in total. The molecule has 1 N–H and O–H groups in total. The number of Topliss-reactive ketones (excluding diaryl/α,β-unsaturated/α-hetero) is 1. The van der Waals surface area contributed by atoms with E-state index in [1.165, 1.54) is 96.3 Å². The van der Waals surface area contributed by atoms with E-state index >= 15 is 0 Å². The van der Waals surface area contributed by atoms with Crippen molar-refractivity contribution in [2.45, 2.75) is 208 Å². The van der Waals surface area contributed by atoms with Gasteiger partial charge in [-0.05, 0) is 145 Å². The summed E-state index contributed by atoms with van der Waals surface area (Å²) in [6.45, 7) is 0.360. The molecule has 0 aromatic rings. The van der Waals surface area contributed by atoms with Crippen LogP contribution in [0.3, 0.4) is 0 Å². The van der Waals surface area contributed by atoms with Crippen molar-refractivity contribution >= 4 is 20.2 Å². The number of aliphatic hydroxyl groups excluding tert-OH is 1. The zero-order valence-corrected chi connectivity index (χ0v) is 39.5. The minimum atomic E-state index is -0.762. The van der Waals surface area contributed by atoms with Crippen molar-refractivity contribution in [2.75, 3.05) is 6.61 Å². The summed E-state index contributed by atoms with van der Waals surface area (Å²) in [4.78, 5) is 57.9. The smallest absolute Gasteiger partial charge is 1.00 e. The molecule has 0 amide bonds. The molecule has 1 atom stereocenters. The Labute approximate surface area is 397 Å². The number of aliphatic hydroxyl groups is 1. The van der Waals surface area contributed by atoms with Gasteiger partial charge in [0.2, 0.25) is 34.7 Å². The first-order chi connectivity index (χ1) is 29.5. The second kappa shape index (κ2) is 16.5. The maximum atomic E-state index is 11.5. The van der Waals surface area contributed by atoms with Gasteiger partial charge in [-0.3, -0.25) is 9.59 Å². The van der Waals surface area contributed by atoms with E-state index in [1.54, 1.807) is 0 Å². The van der Waals surface area contributed by atoms with Crippen molar-refractivity contribution < 1.29 is 94.0 Å². The molecule has 4 heterocycles. The molecule has 0 aromatic heterocycles. The van der Waals surface area contributed by atoms with Gasteiger partial charge in [0.1, 0.15) is 5.78 Å². The first kappa shape index (κ1) is 45.3. The Morgan fingerprint density at radius 2 is 0.746 bits per heavy atom. The number of hydrogen-bond donors (Lipinski definition) is 1. The fourth-order valence-electron chi connectivity index (χ4n) is 17.1. The largest absolute Gasteiger partial charge is 1.00 e. The van der Waals surface area contributed by atoms with Crippen molar-refractivity contribution in [1.29, 1.82) is 0 Å². The maximum Gasteiger partial charge on any atom is 1.00 e. The topological polar surface area (TPSA) is 147 Å². The van der Waals surface area contributed by atoms with Gasteiger partial charge >= 0.3 is 35.5 Å². The minimum absolute atomic E-state index is 0. The summed E-state index contributed by atoms with van der Waals surface area (Å²) < 4.78 is 24.7. The number of rotatable bonds is 0. The summed E-state index contributed by atoms with van der Waals surface area (Å²) in [5.74, 6) is 5.08. The van der Waals surface area contributed by atoms with Gasteiger partial charge in [0.25, 0.3) is 0 Å². The molecule has 18 fully saturated rings. The third kappa shape index (κ3) is 7.49. The average molecular weight is 888 g/mol. The number of ketones is 1. The molecule has 14 saturated carbocycles. The van der Waals surface area contributed by atoms with Crippen LogP contribution in [0.1, 0.15) is 168 Å². The van der Waals surface area contributed by atoms with Gasteiger partial charge in [-0.25, -0.2) is 0 Å². The standard InChI is InChI=1S/C16H22O5.C16H24O4.C16H22O4.B.Na.H/c17-14-1-2-15(3-4-18-14)19-16(21-20-15)12-6-10-5-11(8-12)9-13(16)7-10;2*17-14-1-3-15(4-2-14)18-16(20-19-15)12-6-10-5-11(8-12)9-13(16)7-10;;;/h10-13H,1-9H2;10-14,17H,1-9H2;10-13H,1-9H2;;;/q;;;;+1;-1. The number of hydrogen-bond acceptors (Lipinski definition) is 13. The predicted octanol–water partition coefficient (Wildman–Crippen LogP) is 4.98. The molecule has 18 aliphatic rings. The molecule has 3 radical (unpaired) electrons. The molecule has 6 spiro atoms. The molecule has 15 heteroatoms. The molecule has 14 aliphatic carbocycles. The second-order valence-electron chi connectivity index (χ2n) is 23.4. The Morgan fingerprint density at radius 3 is 1.11 bits per heavy atom. The zero-order valence-electron chi connectivity index (χ0n) is 38.5.